The van der Waals surface area contributed by atoms with Gasteiger partial charge in [0, 0.05) is 22.4 Å². The molecule has 5 rings (SSSR count). The first-order valence-electron chi connectivity index (χ1n) is 12.5. The lowest BCUT2D eigenvalue weighted by molar-refractivity contribution is -0.145. The van der Waals surface area contributed by atoms with Gasteiger partial charge in [0.2, 0.25) is 11.8 Å². The van der Waals surface area contributed by atoms with Crippen LogP contribution >= 0.6 is 11.6 Å². The second-order valence-corrected chi connectivity index (χ2v) is 10.5. The van der Waals surface area contributed by atoms with Crippen LogP contribution in [0.25, 0.3) is 0 Å². The van der Waals surface area contributed by atoms with E-state index in [2.05, 4.69) is 0 Å². The van der Waals surface area contributed by atoms with Gasteiger partial charge in [-0.2, -0.15) is 0 Å². The summed E-state index contributed by atoms with van der Waals surface area (Å²) in [6, 6.07) is 18.2. The zero-order valence-corrected chi connectivity index (χ0v) is 21.2. The molecular weight excluding hydrogens is 491 g/mol. The number of nitrogens with zero attached hydrogens (tertiary/aromatic N) is 1. The Hall–Kier alpha value is -3.51. The van der Waals surface area contributed by atoms with Crippen molar-refractivity contribution in [2.45, 2.75) is 44.2 Å². The predicted octanol–water partition coefficient (Wildman–Crippen LogP) is 5.61. The maximum Gasteiger partial charge on any atom is 0.240 e. The zero-order valence-electron chi connectivity index (χ0n) is 20.4. The Morgan fingerprint density at radius 1 is 0.946 bits per heavy atom. The van der Waals surface area contributed by atoms with Gasteiger partial charge in [0.15, 0.2) is 5.78 Å². The standard InChI is InChI=1S/C30H28ClFN2O3/c1-17-4-2-7-21(16-17)28(35)25-24(18-10-14-23(32)15-11-18)27(29(33)36)34(30(37)20-5-3-6-20)26(25)19-8-12-22(31)13-9-19/h2,4,7-16,20,24-27H,3,5-6H2,1H3,(H2,33,36). The van der Waals surface area contributed by atoms with Gasteiger partial charge < -0.3 is 10.6 Å². The van der Waals surface area contributed by atoms with E-state index < -0.39 is 35.6 Å². The molecule has 3 aromatic rings. The number of carbonyl (C=O) groups excluding carboxylic acids is 3. The topological polar surface area (TPSA) is 80.5 Å². The molecule has 2 amide bonds. The van der Waals surface area contributed by atoms with Crippen LogP contribution in [-0.2, 0) is 9.59 Å². The van der Waals surface area contributed by atoms with Crippen LogP contribution in [0.1, 0.15) is 58.3 Å². The Morgan fingerprint density at radius 3 is 2.16 bits per heavy atom. The third-order valence-electron chi connectivity index (χ3n) is 7.74. The zero-order chi connectivity index (χ0) is 26.3. The molecule has 1 heterocycles. The molecule has 2 fully saturated rings. The van der Waals surface area contributed by atoms with Gasteiger partial charge >= 0.3 is 0 Å². The van der Waals surface area contributed by atoms with Gasteiger partial charge in [0.05, 0.1) is 12.0 Å². The van der Waals surface area contributed by atoms with E-state index in [1.807, 2.05) is 19.1 Å². The number of rotatable bonds is 6. The molecule has 2 N–H and O–H groups in total. The highest BCUT2D eigenvalue weighted by Gasteiger charge is 2.57. The Kier molecular flexibility index (Phi) is 6.86. The SMILES string of the molecule is Cc1cccc(C(=O)C2C(c3ccc(F)cc3)C(C(N)=O)N(C(=O)C3CCC3)C2c2ccc(Cl)cc2)c1. The Bertz CT molecular complexity index is 1340. The molecule has 4 atom stereocenters. The smallest absolute Gasteiger partial charge is 0.240 e. The number of ketones is 1. The van der Waals surface area contributed by atoms with Gasteiger partial charge in [0.25, 0.3) is 0 Å². The molecule has 1 aliphatic carbocycles. The van der Waals surface area contributed by atoms with Gasteiger partial charge in [-0.3, -0.25) is 14.4 Å². The van der Waals surface area contributed by atoms with E-state index in [0.29, 0.717) is 21.7 Å². The van der Waals surface area contributed by atoms with Crippen molar-refractivity contribution in [1.82, 2.24) is 4.90 Å². The van der Waals surface area contributed by atoms with Gasteiger partial charge in [0.1, 0.15) is 11.9 Å². The van der Waals surface area contributed by atoms with Crippen molar-refractivity contribution < 1.29 is 18.8 Å². The van der Waals surface area contributed by atoms with Crippen LogP contribution in [0.2, 0.25) is 5.02 Å². The third kappa shape index (κ3) is 4.66. The minimum Gasteiger partial charge on any atom is -0.368 e. The summed E-state index contributed by atoms with van der Waals surface area (Å²) in [5.74, 6) is -3.31. The number of hydrogen-bond acceptors (Lipinski definition) is 3. The summed E-state index contributed by atoms with van der Waals surface area (Å²) >= 11 is 6.17. The first-order chi connectivity index (χ1) is 17.8. The molecule has 190 valence electrons. The molecule has 0 aromatic heterocycles. The van der Waals surface area contributed by atoms with E-state index in [0.717, 1.165) is 24.8 Å². The Balaban J connectivity index is 1.74. The quantitative estimate of drug-likeness (QED) is 0.431. The van der Waals surface area contributed by atoms with Crippen LogP contribution < -0.4 is 5.73 Å². The first kappa shape index (κ1) is 25.2. The fraction of sp³-hybridized carbons (Fsp3) is 0.300. The molecule has 5 nitrogen and oxygen atoms in total. The number of halogens is 2. The molecule has 1 saturated heterocycles. The number of likely N-dealkylation sites (tertiary alicyclic amines) is 1. The molecule has 0 bridgehead atoms. The van der Waals surface area contributed by atoms with Crippen molar-refractivity contribution >= 4 is 29.2 Å². The molecule has 0 spiro atoms. The number of aryl methyl sites for hydroxylation is 1. The maximum absolute atomic E-state index is 14.3. The summed E-state index contributed by atoms with van der Waals surface area (Å²) in [7, 11) is 0. The van der Waals surface area contributed by atoms with Crippen LogP contribution in [-0.4, -0.2) is 28.5 Å². The normalized spacial score (nSPS) is 23.5. The van der Waals surface area contributed by atoms with Crippen LogP contribution in [0.3, 0.4) is 0 Å². The van der Waals surface area contributed by atoms with Gasteiger partial charge in [-0.05, 0) is 61.2 Å². The maximum atomic E-state index is 14.3. The van der Waals surface area contributed by atoms with Crippen molar-refractivity contribution in [3.63, 3.8) is 0 Å². The van der Waals surface area contributed by atoms with Gasteiger partial charge in [-0.25, -0.2) is 4.39 Å². The molecule has 4 unspecified atom stereocenters. The minimum atomic E-state index is -1.07. The lowest BCUT2D eigenvalue weighted by atomic mass is 9.76. The van der Waals surface area contributed by atoms with E-state index in [-0.39, 0.29) is 17.6 Å². The first-order valence-corrected chi connectivity index (χ1v) is 12.9. The second-order valence-electron chi connectivity index (χ2n) is 10.1. The number of carbonyl (C=O) groups is 3. The van der Waals surface area contributed by atoms with E-state index in [1.54, 1.807) is 53.4 Å². The second kappa shape index (κ2) is 10.1. The molecule has 2 aliphatic rings. The van der Waals surface area contributed by atoms with Crippen LogP contribution in [0, 0.1) is 24.6 Å². The lowest BCUT2D eigenvalue weighted by Gasteiger charge is -2.36. The summed E-state index contributed by atoms with van der Waals surface area (Å²) in [6.45, 7) is 1.90. The summed E-state index contributed by atoms with van der Waals surface area (Å²) in [6.07, 6.45) is 2.39. The highest BCUT2D eigenvalue weighted by atomic mass is 35.5. The average Bonchev–Trinajstić information content (AvgIpc) is 3.20. The molecule has 1 saturated carbocycles. The summed E-state index contributed by atoms with van der Waals surface area (Å²) in [5.41, 5.74) is 8.67. The van der Waals surface area contributed by atoms with Crippen LogP contribution in [0.15, 0.2) is 72.8 Å². The molecule has 3 aromatic carbocycles. The monoisotopic (exact) mass is 518 g/mol. The summed E-state index contributed by atoms with van der Waals surface area (Å²) < 4.78 is 13.9. The van der Waals surface area contributed by atoms with Crippen molar-refractivity contribution in [3.05, 3.63) is 106 Å². The Labute approximate surface area is 220 Å². The summed E-state index contributed by atoms with van der Waals surface area (Å²) in [4.78, 5) is 42.9. The van der Waals surface area contributed by atoms with Gasteiger partial charge in [-0.15, -0.1) is 0 Å². The lowest BCUT2D eigenvalue weighted by Crippen LogP contribution is -2.49. The van der Waals surface area contributed by atoms with Crippen molar-refractivity contribution in [2.75, 3.05) is 0 Å². The highest BCUT2D eigenvalue weighted by Crippen LogP contribution is 2.52. The fourth-order valence-electron chi connectivity index (χ4n) is 5.77. The number of amides is 2. The number of benzene rings is 3. The predicted molar refractivity (Wildman–Crippen MR) is 140 cm³/mol. The van der Waals surface area contributed by atoms with Crippen molar-refractivity contribution in [3.8, 4) is 0 Å². The van der Waals surface area contributed by atoms with Crippen LogP contribution in [0.5, 0.6) is 0 Å². The minimum absolute atomic E-state index is 0.179. The molecule has 0 radical (unpaired) electrons. The molecule has 1 aliphatic heterocycles. The number of nitrogens with two attached hydrogens (primary N) is 1. The average molecular weight is 519 g/mol. The largest absolute Gasteiger partial charge is 0.368 e. The number of hydrogen-bond donors (Lipinski definition) is 1. The molecule has 7 heteroatoms. The van der Waals surface area contributed by atoms with E-state index in [9.17, 15) is 18.8 Å². The van der Waals surface area contributed by atoms with E-state index >= 15 is 0 Å². The van der Waals surface area contributed by atoms with Crippen molar-refractivity contribution in [1.29, 1.82) is 0 Å². The highest BCUT2D eigenvalue weighted by molar-refractivity contribution is 6.30. The molecular formula is C30H28ClFN2O3. The molecule has 37 heavy (non-hydrogen) atoms. The van der Waals surface area contributed by atoms with Crippen LogP contribution in [0.4, 0.5) is 4.39 Å². The van der Waals surface area contributed by atoms with Gasteiger partial charge in [-0.1, -0.05) is 66.0 Å². The Morgan fingerprint density at radius 2 is 1.59 bits per heavy atom. The van der Waals surface area contributed by atoms with E-state index in [4.69, 9.17) is 17.3 Å². The fourth-order valence-corrected chi connectivity index (χ4v) is 5.89. The summed E-state index contributed by atoms with van der Waals surface area (Å²) in [5, 5.41) is 0.515. The number of primary amides is 1. The van der Waals surface area contributed by atoms with E-state index in [1.165, 1.54) is 12.1 Å². The van der Waals surface area contributed by atoms with Crippen molar-refractivity contribution in [2.24, 2.45) is 17.6 Å². The number of Topliss-reactive ketones (excluding diaryl/α,β-unsaturated/α-hetero) is 1. The third-order valence-corrected chi connectivity index (χ3v) is 7.99.